The second-order valence-electron chi connectivity index (χ2n) is 8.38. The summed E-state index contributed by atoms with van der Waals surface area (Å²) in [6, 6.07) is 23.6. The number of carbonyl (C=O) groups excluding carboxylic acids is 2. The van der Waals surface area contributed by atoms with Crippen LogP contribution in [0.25, 0.3) is 11.1 Å². The highest BCUT2D eigenvalue weighted by atomic mass is 31.2. The molecule has 4 aromatic rings. The van der Waals surface area contributed by atoms with Gasteiger partial charge >= 0.3 is 21.2 Å². The van der Waals surface area contributed by atoms with Gasteiger partial charge in [0.1, 0.15) is 0 Å². The average molecular weight is 567 g/mol. The van der Waals surface area contributed by atoms with Crippen LogP contribution in [0.3, 0.4) is 0 Å². The predicted octanol–water partition coefficient (Wildman–Crippen LogP) is 3.86. The number of hydrogen-bond acceptors (Lipinski definition) is 4. The molecule has 7 N–H and O–H groups in total. The molecule has 0 aliphatic rings. The van der Waals surface area contributed by atoms with Crippen LogP contribution in [0.15, 0.2) is 97.1 Å². The molecule has 13 heteroatoms. The van der Waals surface area contributed by atoms with Crippen molar-refractivity contribution in [3.8, 4) is 11.1 Å². The van der Waals surface area contributed by atoms with Crippen LogP contribution in [0, 0.1) is 0 Å². The fourth-order valence-electron chi connectivity index (χ4n) is 3.58. The number of urea groups is 1. The molecular formula is C26H23N3O8P2. The van der Waals surface area contributed by atoms with E-state index in [-0.39, 0.29) is 21.9 Å². The van der Waals surface area contributed by atoms with Gasteiger partial charge in [-0.3, -0.25) is 13.9 Å². The number of hydrogen-bond donors (Lipinski definition) is 7. The zero-order valence-corrected chi connectivity index (χ0v) is 21.8. The highest BCUT2D eigenvalue weighted by Crippen LogP contribution is 2.35. The summed E-state index contributed by atoms with van der Waals surface area (Å²) in [6.45, 7) is 0. The summed E-state index contributed by atoms with van der Waals surface area (Å²) in [5.41, 5.74) is 2.71. The number of anilines is 3. The summed E-state index contributed by atoms with van der Waals surface area (Å²) in [6.07, 6.45) is 0. The topological polar surface area (TPSA) is 185 Å². The minimum atomic E-state index is -4.45. The van der Waals surface area contributed by atoms with E-state index in [0.29, 0.717) is 22.5 Å². The fraction of sp³-hybridized carbons (Fsp3) is 0. The summed E-state index contributed by atoms with van der Waals surface area (Å²) < 4.78 is 22.9. The van der Waals surface area contributed by atoms with Crippen LogP contribution in [0.1, 0.15) is 10.4 Å². The van der Waals surface area contributed by atoms with Crippen LogP contribution in [-0.2, 0) is 9.13 Å². The molecule has 200 valence electrons. The molecule has 0 heterocycles. The standard InChI is InChI=1S/C26H23N3O8P2/c30-25(27-22-4-2-6-24(16-22)39(35,36)37)18-9-13-21(14-10-18)29-26(31)28-20-11-7-17(8-12-20)19-3-1-5-23(15-19)38(32,33)34/h1-16H,(H,27,30)(H2,28,29,31)(H2,32,33,34)(H2,35,36,37). The van der Waals surface area contributed by atoms with E-state index in [2.05, 4.69) is 16.0 Å². The second-order valence-corrected chi connectivity index (χ2v) is 11.6. The van der Waals surface area contributed by atoms with E-state index in [1.807, 2.05) is 0 Å². The molecule has 0 saturated carbocycles. The van der Waals surface area contributed by atoms with Gasteiger partial charge < -0.3 is 35.5 Å². The molecule has 11 nitrogen and oxygen atoms in total. The Bertz CT molecular complexity index is 1610. The lowest BCUT2D eigenvalue weighted by molar-refractivity contribution is 0.102. The largest absolute Gasteiger partial charge is 0.356 e. The van der Waals surface area contributed by atoms with Gasteiger partial charge in [-0.15, -0.1) is 0 Å². The highest BCUT2D eigenvalue weighted by molar-refractivity contribution is 7.60. The molecular weight excluding hydrogens is 544 g/mol. The molecule has 3 amide bonds. The summed E-state index contributed by atoms with van der Waals surface area (Å²) in [5.74, 6) is -0.500. The van der Waals surface area contributed by atoms with Crippen LogP contribution >= 0.6 is 15.2 Å². The van der Waals surface area contributed by atoms with Gasteiger partial charge in [-0.05, 0) is 77.9 Å². The summed E-state index contributed by atoms with van der Waals surface area (Å²) in [5, 5.41) is 7.59. The van der Waals surface area contributed by atoms with E-state index < -0.39 is 27.1 Å². The summed E-state index contributed by atoms with van der Waals surface area (Å²) in [7, 11) is -8.83. The molecule has 0 bridgehead atoms. The lowest BCUT2D eigenvalue weighted by atomic mass is 10.1. The Morgan fingerprint density at radius 1 is 0.538 bits per heavy atom. The molecule has 0 atom stereocenters. The van der Waals surface area contributed by atoms with Gasteiger partial charge in [-0.2, -0.15) is 0 Å². The van der Waals surface area contributed by atoms with Crippen molar-refractivity contribution in [1.82, 2.24) is 0 Å². The summed E-state index contributed by atoms with van der Waals surface area (Å²) in [4.78, 5) is 62.2. The first-order chi connectivity index (χ1) is 18.4. The van der Waals surface area contributed by atoms with Gasteiger partial charge in [0.2, 0.25) is 0 Å². The number of nitrogens with one attached hydrogen (secondary N) is 3. The monoisotopic (exact) mass is 567 g/mol. The maximum absolute atomic E-state index is 12.5. The molecule has 4 aromatic carbocycles. The van der Waals surface area contributed by atoms with Crippen LogP contribution < -0.4 is 26.6 Å². The van der Waals surface area contributed by atoms with Gasteiger partial charge in [0.15, 0.2) is 0 Å². The minimum absolute atomic E-state index is 0.0841. The average Bonchev–Trinajstić information content (AvgIpc) is 2.89. The molecule has 0 aromatic heterocycles. The molecule has 0 unspecified atom stereocenters. The molecule has 0 saturated heterocycles. The first-order valence-electron chi connectivity index (χ1n) is 11.3. The van der Waals surface area contributed by atoms with Gasteiger partial charge in [-0.25, -0.2) is 4.79 Å². The smallest absolute Gasteiger partial charge is 0.322 e. The number of carbonyl (C=O) groups is 2. The normalized spacial score (nSPS) is 11.5. The van der Waals surface area contributed by atoms with Crippen LogP contribution in [0.5, 0.6) is 0 Å². The molecule has 0 aliphatic heterocycles. The molecule has 0 aliphatic carbocycles. The van der Waals surface area contributed by atoms with E-state index in [1.165, 1.54) is 60.7 Å². The molecule has 4 rings (SSSR count). The molecule has 0 fully saturated rings. The Morgan fingerprint density at radius 2 is 1.05 bits per heavy atom. The maximum Gasteiger partial charge on any atom is 0.356 e. The van der Waals surface area contributed by atoms with Crippen molar-refractivity contribution in [3.05, 3.63) is 103 Å². The summed E-state index contributed by atoms with van der Waals surface area (Å²) >= 11 is 0. The minimum Gasteiger partial charge on any atom is -0.322 e. The number of amides is 3. The first-order valence-corrected chi connectivity index (χ1v) is 14.5. The lowest BCUT2D eigenvalue weighted by Crippen LogP contribution is -2.19. The van der Waals surface area contributed by atoms with Gasteiger partial charge in [0.25, 0.3) is 5.91 Å². The number of benzene rings is 4. The van der Waals surface area contributed by atoms with Crippen LogP contribution in [0.4, 0.5) is 21.9 Å². The third-order valence-corrected chi connectivity index (χ3v) is 7.41. The third-order valence-electron chi connectivity index (χ3n) is 5.50. The van der Waals surface area contributed by atoms with Crippen molar-refractivity contribution in [2.45, 2.75) is 0 Å². The second kappa shape index (κ2) is 11.3. The van der Waals surface area contributed by atoms with E-state index in [4.69, 9.17) is 0 Å². The van der Waals surface area contributed by atoms with Crippen LogP contribution in [-0.4, -0.2) is 31.5 Å². The van der Waals surface area contributed by atoms with Gasteiger partial charge in [-0.1, -0.05) is 30.3 Å². The Labute approximate surface area is 222 Å². The Hall–Kier alpha value is -4.08. The van der Waals surface area contributed by atoms with Crippen molar-refractivity contribution in [2.75, 3.05) is 16.0 Å². The Kier molecular flexibility index (Phi) is 8.13. The fourth-order valence-corrected chi connectivity index (χ4v) is 4.75. The maximum atomic E-state index is 12.5. The molecule has 0 radical (unpaired) electrons. The third kappa shape index (κ3) is 7.49. The van der Waals surface area contributed by atoms with E-state index in [0.717, 1.165) is 0 Å². The Balaban J connectivity index is 1.35. The zero-order chi connectivity index (χ0) is 28.2. The highest BCUT2D eigenvalue weighted by Gasteiger charge is 2.18. The van der Waals surface area contributed by atoms with Crippen LogP contribution in [0.2, 0.25) is 0 Å². The predicted molar refractivity (Wildman–Crippen MR) is 149 cm³/mol. The van der Waals surface area contributed by atoms with E-state index in [1.54, 1.807) is 36.4 Å². The molecule has 39 heavy (non-hydrogen) atoms. The van der Waals surface area contributed by atoms with Crippen molar-refractivity contribution in [3.63, 3.8) is 0 Å². The lowest BCUT2D eigenvalue weighted by Gasteiger charge is -2.11. The van der Waals surface area contributed by atoms with Crippen molar-refractivity contribution < 1.29 is 38.3 Å². The van der Waals surface area contributed by atoms with Crippen molar-refractivity contribution >= 4 is 54.8 Å². The Morgan fingerprint density at radius 3 is 1.62 bits per heavy atom. The first kappa shape index (κ1) is 27.9. The van der Waals surface area contributed by atoms with Gasteiger partial charge in [0, 0.05) is 22.6 Å². The SMILES string of the molecule is O=C(Nc1ccc(C(=O)Nc2cccc(P(=O)(O)O)c2)cc1)Nc1ccc(-c2cccc(P(=O)(O)O)c2)cc1. The zero-order valence-electron chi connectivity index (χ0n) is 20.1. The van der Waals surface area contributed by atoms with Crippen molar-refractivity contribution in [2.24, 2.45) is 0 Å². The number of rotatable bonds is 7. The van der Waals surface area contributed by atoms with E-state index in [9.17, 15) is 38.3 Å². The van der Waals surface area contributed by atoms with E-state index >= 15 is 0 Å². The van der Waals surface area contributed by atoms with Crippen molar-refractivity contribution in [1.29, 1.82) is 0 Å². The molecule has 0 spiro atoms. The quantitative estimate of drug-likeness (QED) is 0.164. The van der Waals surface area contributed by atoms with Gasteiger partial charge in [0.05, 0.1) is 10.6 Å².